The summed E-state index contributed by atoms with van der Waals surface area (Å²) in [4.78, 5) is 38.0. The molecule has 0 aliphatic rings. The molecule has 0 spiro atoms. The second kappa shape index (κ2) is 52.9. The molecule has 0 aliphatic heterocycles. The Hall–Kier alpha value is -4.71. The van der Waals surface area contributed by atoms with E-state index in [1.54, 1.807) is 0 Å². The lowest BCUT2D eigenvalue weighted by Crippen LogP contribution is -2.30. The molecule has 1 atom stereocenters. The van der Waals surface area contributed by atoms with Crippen LogP contribution in [-0.4, -0.2) is 37.2 Å². The van der Waals surface area contributed by atoms with E-state index in [1.807, 2.05) is 85.1 Å². The lowest BCUT2D eigenvalue weighted by Gasteiger charge is -2.18. The number of allylic oxidation sites excluding steroid dienone is 24. The summed E-state index contributed by atoms with van der Waals surface area (Å²) in [7, 11) is 0. The number of unbranched alkanes of at least 4 members (excludes halogenated alkanes) is 15. The summed E-state index contributed by atoms with van der Waals surface area (Å²) in [5, 5.41) is 0. The fraction of sp³-hybridized carbons (Fsp3) is 0.550. The molecule has 0 aromatic rings. The van der Waals surface area contributed by atoms with Crippen LogP contribution in [0.2, 0.25) is 0 Å². The molecular formula is C60H92O6. The van der Waals surface area contributed by atoms with Crippen LogP contribution >= 0.6 is 0 Å². The van der Waals surface area contributed by atoms with Gasteiger partial charge in [0.05, 0.1) is 0 Å². The van der Waals surface area contributed by atoms with Crippen LogP contribution in [0.4, 0.5) is 0 Å². The number of carbonyl (C=O) groups is 3. The lowest BCUT2D eigenvalue weighted by atomic mass is 10.0. The second-order valence-corrected chi connectivity index (χ2v) is 16.5. The Morgan fingerprint density at radius 2 is 0.697 bits per heavy atom. The van der Waals surface area contributed by atoms with Crippen LogP contribution < -0.4 is 0 Å². The maximum Gasteiger partial charge on any atom is 0.306 e. The molecule has 0 amide bonds. The summed E-state index contributed by atoms with van der Waals surface area (Å²) in [6.45, 7) is 6.25. The minimum atomic E-state index is -0.841. The zero-order valence-corrected chi connectivity index (χ0v) is 41.9. The fourth-order valence-electron chi connectivity index (χ4n) is 6.47. The van der Waals surface area contributed by atoms with Gasteiger partial charge in [0, 0.05) is 19.3 Å². The number of esters is 3. The summed E-state index contributed by atoms with van der Waals surface area (Å²) in [6, 6.07) is 0. The highest BCUT2D eigenvalue weighted by Gasteiger charge is 2.19. The molecule has 0 bridgehead atoms. The van der Waals surface area contributed by atoms with Crippen molar-refractivity contribution in [1.82, 2.24) is 0 Å². The highest BCUT2D eigenvalue weighted by Crippen LogP contribution is 2.14. The molecule has 0 saturated carbocycles. The summed E-state index contributed by atoms with van der Waals surface area (Å²) in [5.41, 5.74) is 0. The van der Waals surface area contributed by atoms with Crippen molar-refractivity contribution in [2.45, 2.75) is 200 Å². The van der Waals surface area contributed by atoms with Crippen LogP contribution in [0.1, 0.15) is 194 Å². The van der Waals surface area contributed by atoms with Gasteiger partial charge < -0.3 is 14.2 Å². The van der Waals surface area contributed by atoms with Crippen molar-refractivity contribution in [3.63, 3.8) is 0 Å². The summed E-state index contributed by atoms with van der Waals surface area (Å²) in [6.07, 6.45) is 75.5. The van der Waals surface area contributed by atoms with Crippen molar-refractivity contribution < 1.29 is 28.6 Å². The minimum Gasteiger partial charge on any atom is -0.462 e. The van der Waals surface area contributed by atoms with E-state index in [0.29, 0.717) is 19.3 Å². The zero-order chi connectivity index (χ0) is 47.9. The van der Waals surface area contributed by atoms with Gasteiger partial charge in [-0.15, -0.1) is 0 Å². The van der Waals surface area contributed by atoms with Gasteiger partial charge in [-0.1, -0.05) is 250 Å². The third-order valence-electron chi connectivity index (χ3n) is 10.3. The van der Waals surface area contributed by atoms with Crippen molar-refractivity contribution in [3.8, 4) is 0 Å². The van der Waals surface area contributed by atoms with Crippen LogP contribution in [0.5, 0.6) is 0 Å². The monoisotopic (exact) mass is 909 g/mol. The molecule has 368 valence electrons. The van der Waals surface area contributed by atoms with E-state index >= 15 is 0 Å². The lowest BCUT2D eigenvalue weighted by molar-refractivity contribution is -0.166. The maximum atomic E-state index is 12.8. The van der Waals surface area contributed by atoms with Crippen molar-refractivity contribution in [2.24, 2.45) is 0 Å². The SMILES string of the molecule is CC\C=C/C=C\C=C/C=C\C=C\C=C/C=C\CCCCCC(=O)OCC(COC(=O)CCCCCCCCCCCCCCC)OC(=O)CC/C=C\C/C=C\C/C=C\C/C=C\C/C=C\CC. The van der Waals surface area contributed by atoms with E-state index in [-0.39, 0.29) is 38.0 Å². The average Bonchev–Trinajstić information content (AvgIpc) is 3.31. The first-order valence-electron chi connectivity index (χ1n) is 25.9. The molecular weight excluding hydrogens is 817 g/mol. The molecule has 0 heterocycles. The Kier molecular flexibility index (Phi) is 49.1. The summed E-state index contributed by atoms with van der Waals surface area (Å²) < 4.78 is 16.7. The molecule has 0 aliphatic carbocycles. The molecule has 0 fully saturated rings. The van der Waals surface area contributed by atoms with Gasteiger partial charge >= 0.3 is 17.9 Å². The van der Waals surface area contributed by atoms with E-state index in [1.165, 1.54) is 64.2 Å². The number of hydrogen-bond acceptors (Lipinski definition) is 6. The Morgan fingerprint density at radius 3 is 1.14 bits per heavy atom. The minimum absolute atomic E-state index is 0.127. The molecule has 0 saturated heterocycles. The first kappa shape index (κ1) is 61.3. The summed E-state index contributed by atoms with van der Waals surface area (Å²) >= 11 is 0. The molecule has 66 heavy (non-hydrogen) atoms. The Labute approximate surface area is 404 Å². The third-order valence-corrected chi connectivity index (χ3v) is 10.3. The Morgan fingerprint density at radius 1 is 0.333 bits per heavy atom. The Bertz CT molecular complexity index is 1510. The predicted octanol–water partition coefficient (Wildman–Crippen LogP) is 17.3. The standard InChI is InChI=1S/C60H92O6/c1-4-7-10-13-16-19-22-25-27-29-30-31-33-35-38-41-44-47-50-53-59(62)65-56-57(55-64-58(61)52-49-46-43-40-37-34-24-21-18-15-12-9-6-3)66-60(63)54-51-48-45-42-39-36-32-28-26-23-20-17-14-11-8-5-2/h7-8,10-11,13,16-17,19-20,22,25-31,33,35-36,38-39,45,48,57H,4-6,9,12,14-15,18,21,23-24,32,34,37,40-44,46-47,49-56H2,1-3H3/b10-7-,11-8-,16-13-,20-17-,22-19-,27-25-,28-26-,30-29+,33-31-,38-35-,39-36-,48-45-. The molecule has 0 aromatic carbocycles. The zero-order valence-electron chi connectivity index (χ0n) is 41.9. The molecule has 0 radical (unpaired) electrons. The molecule has 0 aromatic heterocycles. The number of ether oxygens (including phenoxy) is 3. The van der Waals surface area contributed by atoms with E-state index in [9.17, 15) is 14.4 Å². The van der Waals surface area contributed by atoms with Gasteiger partial charge in [-0.3, -0.25) is 14.4 Å². The molecule has 0 rings (SSSR count). The van der Waals surface area contributed by atoms with Crippen molar-refractivity contribution in [1.29, 1.82) is 0 Å². The van der Waals surface area contributed by atoms with Crippen LogP contribution in [-0.2, 0) is 28.6 Å². The largest absolute Gasteiger partial charge is 0.462 e. The molecule has 0 N–H and O–H groups in total. The topological polar surface area (TPSA) is 78.9 Å². The number of hydrogen-bond donors (Lipinski definition) is 0. The summed E-state index contributed by atoms with van der Waals surface area (Å²) in [5.74, 6) is -1.07. The number of carbonyl (C=O) groups excluding carboxylic acids is 3. The highest BCUT2D eigenvalue weighted by molar-refractivity contribution is 5.71. The van der Waals surface area contributed by atoms with Crippen LogP contribution in [0.25, 0.3) is 0 Å². The van der Waals surface area contributed by atoms with E-state index in [0.717, 1.165) is 77.0 Å². The van der Waals surface area contributed by atoms with E-state index in [2.05, 4.69) is 81.5 Å². The van der Waals surface area contributed by atoms with Gasteiger partial charge in [0.25, 0.3) is 0 Å². The number of rotatable bonds is 44. The highest BCUT2D eigenvalue weighted by atomic mass is 16.6. The second-order valence-electron chi connectivity index (χ2n) is 16.5. The van der Waals surface area contributed by atoms with E-state index in [4.69, 9.17) is 14.2 Å². The maximum absolute atomic E-state index is 12.8. The average molecular weight is 909 g/mol. The van der Waals surface area contributed by atoms with Crippen molar-refractivity contribution in [3.05, 3.63) is 146 Å². The van der Waals surface area contributed by atoms with Crippen LogP contribution in [0.3, 0.4) is 0 Å². The van der Waals surface area contributed by atoms with Gasteiger partial charge in [-0.05, 0) is 70.6 Å². The first-order chi connectivity index (χ1) is 32.5. The first-order valence-corrected chi connectivity index (χ1v) is 25.9. The van der Waals surface area contributed by atoms with Gasteiger partial charge in [-0.25, -0.2) is 0 Å². The van der Waals surface area contributed by atoms with Gasteiger partial charge in [0.1, 0.15) is 13.2 Å². The van der Waals surface area contributed by atoms with Gasteiger partial charge in [0.2, 0.25) is 0 Å². The van der Waals surface area contributed by atoms with E-state index < -0.39 is 12.1 Å². The van der Waals surface area contributed by atoms with Crippen LogP contribution in [0, 0.1) is 0 Å². The van der Waals surface area contributed by atoms with Crippen molar-refractivity contribution >= 4 is 17.9 Å². The van der Waals surface area contributed by atoms with Gasteiger partial charge in [-0.2, -0.15) is 0 Å². The third kappa shape index (κ3) is 50.3. The molecule has 1 unspecified atom stereocenters. The molecule has 6 nitrogen and oxygen atoms in total. The van der Waals surface area contributed by atoms with Crippen LogP contribution in [0.15, 0.2) is 146 Å². The molecule has 6 heteroatoms. The van der Waals surface area contributed by atoms with Gasteiger partial charge in [0.15, 0.2) is 6.10 Å². The fourth-order valence-corrected chi connectivity index (χ4v) is 6.47. The predicted molar refractivity (Wildman–Crippen MR) is 283 cm³/mol. The normalized spacial score (nSPS) is 13.3. The van der Waals surface area contributed by atoms with Crippen molar-refractivity contribution in [2.75, 3.05) is 13.2 Å². The Balaban J connectivity index is 4.62. The smallest absolute Gasteiger partial charge is 0.306 e. The quantitative estimate of drug-likeness (QED) is 0.0199.